The summed E-state index contributed by atoms with van der Waals surface area (Å²) < 4.78 is 2.08. The van der Waals surface area contributed by atoms with Crippen molar-refractivity contribution in [1.29, 1.82) is 0 Å². The lowest BCUT2D eigenvalue weighted by atomic mass is 10.1. The smallest absolute Gasteiger partial charge is 0.293 e. The van der Waals surface area contributed by atoms with Gasteiger partial charge in [-0.05, 0) is 38.1 Å². The summed E-state index contributed by atoms with van der Waals surface area (Å²) in [5, 5.41) is 17.1. The number of para-hydroxylation sites is 2. The van der Waals surface area contributed by atoms with Crippen LogP contribution in [0.15, 0.2) is 42.5 Å². The van der Waals surface area contributed by atoms with Crippen molar-refractivity contribution >= 4 is 28.3 Å². The molecule has 2 aromatic carbocycles. The number of nitro groups is 1. The van der Waals surface area contributed by atoms with Crippen LogP contribution in [0.5, 0.6) is 0 Å². The standard InChI is InChI=1S/C19H21N5O3/c1-4-23-16-8-6-5-7-14(16)22-18(23)12(2)21-15-10-9-13(19(25)20-3)11-17(15)24(26)27/h5-12,21H,4H2,1-3H3,(H,20,25). The average Bonchev–Trinajstić information content (AvgIpc) is 3.06. The van der Waals surface area contributed by atoms with Gasteiger partial charge in [0.2, 0.25) is 0 Å². The first-order chi connectivity index (χ1) is 13.0. The van der Waals surface area contributed by atoms with E-state index in [2.05, 4.69) is 20.2 Å². The Balaban J connectivity index is 1.97. The maximum absolute atomic E-state index is 11.8. The van der Waals surface area contributed by atoms with E-state index < -0.39 is 4.92 Å². The molecule has 2 N–H and O–H groups in total. The highest BCUT2D eigenvalue weighted by Gasteiger charge is 2.21. The molecule has 8 heteroatoms. The predicted octanol–water partition coefficient (Wildman–Crippen LogP) is 3.50. The monoisotopic (exact) mass is 367 g/mol. The number of amides is 1. The fourth-order valence-corrected chi connectivity index (χ4v) is 3.15. The van der Waals surface area contributed by atoms with E-state index in [0.717, 1.165) is 23.4 Å². The molecule has 1 heterocycles. The lowest BCUT2D eigenvalue weighted by Crippen LogP contribution is -2.18. The van der Waals surface area contributed by atoms with E-state index >= 15 is 0 Å². The summed E-state index contributed by atoms with van der Waals surface area (Å²) in [6.45, 7) is 4.67. The summed E-state index contributed by atoms with van der Waals surface area (Å²) in [5.74, 6) is 0.425. The fourth-order valence-electron chi connectivity index (χ4n) is 3.15. The molecule has 0 spiro atoms. The summed E-state index contributed by atoms with van der Waals surface area (Å²) in [6, 6.07) is 12.0. The molecule has 0 bridgehead atoms. The molecule has 8 nitrogen and oxygen atoms in total. The van der Waals surface area contributed by atoms with Gasteiger partial charge in [0.25, 0.3) is 11.6 Å². The van der Waals surface area contributed by atoms with Crippen molar-refractivity contribution in [2.75, 3.05) is 12.4 Å². The number of aromatic nitrogens is 2. The first kappa shape index (κ1) is 18.4. The number of nitro benzene ring substituents is 1. The van der Waals surface area contributed by atoms with Gasteiger partial charge in [-0.15, -0.1) is 0 Å². The Morgan fingerprint density at radius 1 is 1.30 bits per heavy atom. The molecule has 0 saturated carbocycles. The van der Waals surface area contributed by atoms with E-state index in [9.17, 15) is 14.9 Å². The van der Waals surface area contributed by atoms with Gasteiger partial charge in [0, 0.05) is 25.2 Å². The topological polar surface area (TPSA) is 102 Å². The lowest BCUT2D eigenvalue weighted by molar-refractivity contribution is -0.384. The molecule has 0 aliphatic carbocycles. The van der Waals surface area contributed by atoms with Gasteiger partial charge in [0.05, 0.1) is 22.0 Å². The number of fused-ring (bicyclic) bond motifs is 1. The minimum atomic E-state index is -0.496. The Kier molecular flexibility index (Phi) is 5.07. The van der Waals surface area contributed by atoms with E-state index in [-0.39, 0.29) is 23.2 Å². The largest absolute Gasteiger partial charge is 0.370 e. The summed E-state index contributed by atoms with van der Waals surface area (Å²) in [7, 11) is 1.48. The molecular formula is C19H21N5O3. The summed E-state index contributed by atoms with van der Waals surface area (Å²) in [6.07, 6.45) is 0. The quantitative estimate of drug-likeness (QED) is 0.513. The van der Waals surface area contributed by atoms with Crippen LogP contribution in [0.3, 0.4) is 0 Å². The van der Waals surface area contributed by atoms with Gasteiger partial charge in [-0.2, -0.15) is 0 Å². The lowest BCUT2D eigenvalue weighted by Gasteiger charge is -2.17. The number of hydrogen-bond donors (Lipinski definition) is 2. The average molecular weight is 367 g/mol. The van der Waals surface area contributed by atoms with Gasteiger partial charge >= 0.3 is 0 Å². The third-order valence-electron chi connectivity index (χ3n) is 4.44. The highest BCUT2D eigenvalue weighted by Crippen LogP contribution is 2.30. The molecule has 0 radical (unpaired) electrons. The molecule has 1 amide bonds. The normalized spacial score (nSPS) is 12.0. The van der Waals surface area contributed by atoms with E-state index in [1.807, 2.05) is 38.1 Å². The molecule has 0 aliphatic heterocycles. The maximum atomic E-state index is 11.8. The number of hydrogen-bond acceptors (Lipinski definition) is 5. The van der Waals surface area contributed by atoms with Crippen LogP contribution < -0.4 is 10.6 Å². The Hall–Kier alpha value is -3.42. The number of carbonyl (C=O) groups excluding carboxylic acids is 1. The minimum absolute atomic E-state index is 0.151. The third kappa shape index (κ3) is 3.46. The van der Waals surface area contributed by atoms with Crippen LogP contribution in [0.2, 0.25) is 0 Å². The molecule has 3 rings (SSSR count). The van der Waals surface area contributed by atoms with E-state index in [4.69, 9.17) is 0 Å². The summed E-state index contributed by atoms with van der Waals surface area (Å²) in [4.78, 5) is 27.4. The molecule has 0 fully saturated rings. The zero-order chi connectivity index (χ0) is 19.6. The van der Waals surface area contributed by atoms with Crippen molar-refractivity contribution in [3.05, 3.63) is 64.0 Å². The number of imidazole rings is 1. The molecule has 0 aliphatic rings. The summed E-state index contributed by atoms with van der Waals surface area (Å²) in [5.41, 5.74) is 2.33. The molecule has 1 unspecified atom stereocenters. The van der Waals surface area contributed by atoms with Crippen LogP contribution in [0.4, 0.5) is 11.4 Å². The van der Waals surface area contributed by atoms with Crippen molar-refractivity contribution in [2.45, 2.75) is 26.4 Å². The first-order valence-electron chi connectivity index (χ1n) is 8.68. The Bertz CT molecular complexity index is 1010. The van der Waals surface area contributed by atoms with E-state index in [1.54, 1.807) is 12.1 Å². The molecule has 1 atom stereocenters. The molecular weight excluding hydrogens is 346 g/mol. The van der Waals surface area contributed by atoms with Crippen LogP contribution >= 0.6 is 0 Å². The van der Waals surface area contributed by atoms with Crippen molar-refractivity contribution in [3.63, 3.8) is 0 Å². The van der Waals surface area contributed by atoms with Gasteiger partial charge in [-0.25, -0.2) is 4.98 Å². The second kappa shape index (κ2) is 7.45. The van der Waals surface area contributed by atoms with Crippen molar-refractivity contribution in [2.24, 2.45) is 0 Å². The molecule has 140 valence electrons. The number of rotatable bonds is 6. The second-order valence-electron chi connectivity index (χ2n) is 6.14. The Morgan fingerprint density at radius 3 is 2.70 bits per heavy atom. The van der Waals surface area contributed by atoms with E-state index in [0.29, 0.717) is 5.69 Å². The third-order valence-corrected chi connectivity index (χ3v) is 4.44. The van der Waals surface area contributed by atoms with Gasteiger partial charge in [-0.1, -0.05) is 12.1 Å². The molecule has 27 heavy (non-hydrogen) atoms. The summed E-state index contributed by atoms with van der Waals surface area (Å²) >= 11 is 0. The predicted molar refractivity (Wildman–Crippen MR) is 104 cm³/mol. The zero-order valence-electron chi connectivity index (χ0n) is 15.4. The molecule has 1 aromatic heterocycles. The van der Waals surface area contributed by atoms with Crippen molar-refractivity contribution in [3.8, 4) is 0 Å². The number of aryl methyl sites for hydroxylation is 1. The SMILES string of the molecule is CCn1c(C(C)Nc2ccc(C(=O)NC)cc2[N+](=O)[O-])nc2ccccc21. The highest BCUT2D eigenvalue weighted by atomic mass is 16.6. The van der Waals surface area contributed by atoms with Gasteiger partial charge in [0.1, 0.15) is 11.5 Å². The van der Waals surface area contributed by atoms with Gasteiger partial charge in [0.15, 0.2) is 0 Å². The van der Waals surface area contributed by atoms with Crippen LogP contribution in [-0.2, 0) is 6.54 Å². The van der Waals surface area contributed by atoms with Crippen molar-refractivity contribution in [1.82, 2.24) is 14.9 Å². The van der Waals surface area contributed by atoms with Gasteiger partial charge in [-0.3, -0.25) is 14.9 Å². The Labute approximate surface area is 156 Å². The number of nitrogens with one attached hydrogen (secondary N) is 2. The fraction of sp³-hybridized carbons (Fsp3) is 0.263. The van der Waals surface area contributed by atoms with Crippen LogP contribution in [0, 0.1) is 10.1 Å². The van der Waals surface area contributed by atoms with Crippen LogP contribution in [-0.4, -0.2) is 27.4 Å². The maximum Gasteiger partial charge on any atom is 0.293 e. The van der Waals surface area contributed by atoms with Crippen molar-refractivity contribution < 1.29 is 9.72 Å². The van der Waals surface area contributed by atoms with Gasteiger partial charge < -0.3 is 15.2 Å². The number of nitrogens with zero attached hydrogens (tertiary/aromatic N) is 3. The number of benzene rings is 2. The van der Waals surface area contributed by atoms with Crippen LogP contribution in [0.1, 0.15) is 36.1 Å². The highest BCUT2D eigenvalue weighted by molar-refractivity contribution is 5.95. The second-order valence-corrected chi connectivity index (χ2v) is 6.14. The van der Waals surface area contributed by atoms with E-state index in [1.165, 1.54) is 13.1 Å². The molecule has 0 saturated heterocycles. The van der Waals surface area contributed by atoms with Crippen LogP contribution in [0.25, 0.3) is 11.0 Å². The zero-order valence-corrected chi connectivity index (χ0v) is 15.4. The number of anilines is 1. The number of carbonyl (C=O) groups is 1. The minimum Gasteiger partial charge on any atom is -0.370 e. The first-order valence-corrected chi connectivity index (χ1v) is 8.68. The Morgan fingerprint density at radius 2 is 2.04 bits per heavy atom. The molecule has 3 aromatic rings.